The molecule has 0 saturated carbocycles. The van der Waals surface area contributed by atoms with E-state index in [0.29, 0.717) is 6.42 Å². The fourth-order valence-electron chi connectivity index (χ4n) is 2.84. The Morgan fingerprint density at radius 1 is 1.10 bits per heavy atom. The fourth-order valence-corrected chi connectivity index (χ4v) is 2.84. The maximum atomic E-state index is 13.5. The van der Waals surface area contributed by atoms with E-state index in [1.54, 1.807) is 20.8 Å². The number of ether oxygens (including phenoxy) is 1. The van der Waals surface area contributed by atoms with Gasteiger partial charge in [0.2, 0.25) is 0 Å². The van der Waals surface area contributed by atoms with Gasteiger partial charge in [-0.25, -0.2) is 13.6 Å². The van der Waals surface area contributed by atoms with E-state index >= 15 is 0 Å². The molecule has 5 nitrogen and oxygen atoms in total. The van der Waals surface area contributed by atoms with E-state index < -0.39 is 35.5 Å². The second-order valence-corrected chi connectivity index (χ2v) is 8.06. The highest BCUT2D eigenvalue weighted by molar-refractivity contribution is 5.68. The summed E-state index contributed by atoms with van der Waals surface area (Å²) >= 11 is 0. The van der Waals surface area contributed by atoms with Crippen molar-refractivity contribution < 1.29 is 23.4 Å². The highest BCUT2D eigenvalue weighted by Gasteiger charge is 2.27. The van der Waals surface area contributed by atoms with E-state index in [0.717, 1.165) is 23.8 Å². The van der Waals surface area contributed by atoms with Gasteiger partial charge in [0, 0.05) is 18.7 Å². The highest BCUT2D eigenvalue weighted by Crippen LogP contribution is 2.16. The van der Waals surface area contributed by atoms with E-state index in [4.69, 9.17) is 10.5 Å². The molecule has 0 aliphatic carbocycles. The molecule has 29 heavy (non-hydrogen) atoms. The summed E-state index contributed by atoms with van der Waals surface area (Å²) in [5.74, 6) is -1.49. The Morgan fingerprint density at radius 3 is 2.24 bits per heavy atom. The van der Waals surface area contributed by atoms with Crippen molar-refractivity contribution in [3.05, 3.63) is 71.3 Å². The number of aliphatic hydroxyl groups is 1. The van der Waals surface area contributed by atoms with Gasteiger partial charge in [0.25, 0.3) is 0 Å². The van der Waals surface area contributed by atoms with Gasteiger partial charge >= 0.3 is 6.09 Å². The summed E-state index contributed by atoms with van der Waals surface area (Å²) in [4.78, 5) is 13.8. The molecule has 7 heteroatoms. The van der Waals surface area contributed by atoms with Crippen LogP contribution in [-0.4, -0.2) is 40.4 Å². The Labute approximate surface area is 170 Å². The van der Waals surface area contributed by atoms with Crippen LogP contribution in [0.15, 0.2) is 48.5 Å². The number of amides is 1. The predicted molar refractivity (Wildman–Crippen MR) is 107 cm³/mol. The lowest BCUT2D eigenvalue weighted by Gasteiger charge is -2.30. The minimum Gasteiger partial charge on any atom is -0.444 e. The van der Waals surface area contributed by atoms with Crippen molar-refractivity contribution >= 4 is 6.09 Å². The summed E-state index contributed by atoms with van der Waals surface area (Å²) in [6, 6.07) is 11.8. The van der Waals surface area contributed by atoms with Crippen LogP contribution in [0.1, 0.15) is 31.9 Å². The van der Waals surface area contributed by atoms with Gasteiger partial charge in [-0.1, -0.05) is 30.3 Å². The lowest BCUT2D eigenvalue weighted by molar-refractivity contribution is 0.00991. The number of hydrogen-bond acceptors (Lipinski definition) is 4. The predicted octanol–water partition coefficient (Wildman–Crippen LogP) is 3.63. The monoisotopic (exact) mass is 406 g/mol. The normalized spacial score (nSPS) is 13.6. The van der Waals surface area contributed by atoms with E-state index in [2.05, 4.69) is 0 Å². The standard InChI is InChI=1S/C22H28F2N2O3/c1-22(2,3)29-21(28)26(13-16-9-17(23)12-18(24)10-16)14-20(27)19(25)11-15-7-5-4-6-8-15/h4-10,12,19-20,27H,11,13-14,25H2,1-3H3/t19-,20+/m0/s1. The quantitative estimate of drug-likeness (QED) is 0.736. The zero-order valence-electron chi connectivity index (χ0n) is 16.9. The first-order chi connectivity index (χ1) is 13.5. The molecular weight excluding hydrogens is 378 g/mol. The molecular formula is C22H28F2N2O3. The van der Waals surface area contributed by atoms with Crippen molar-refractivity contribution in [3.63, 3.8) is 0 Å². The number of hydrogen-bond donors (Lipinski definition) is 2. The molecule has 0 unspecified atom stereocenters. The van der Waals surface area contributed by atoms with Gasteiger partial charge in [0.1, 0.15) is 17.2 Å². The van der Waals surface area contributed by atoms with Crippen molar-refractivity contribution in [2.24, 2.45) is 5.73 Å². The number of nitrogens with two attached hydrogens (primary N) is 1. The lowest BCUT2D eigenvalue weighted by Crippen LogP contribution is -2.47. The largest absolute Gasteiger partial charge is 0.444 e. The van der Waals surface area contributed by atoms with Crippen LogP contribution in [0.3, 0.4) is 0 Å². The number of aliphatic hydroxyl groups excluding tert-OH is 1. The van der Waals surface area contributed by atoms with Crippen molar-refractivity contribution in [1.82, 2.24) is 4.90 Å². The molecule has 2 aromatic rings. The topological polar surface area (TPSA) is 75.8 Å². The van der Waals surface area contributed by atoms with Crippen LogP contribution < -0.4 is 5.73 Å². The van der Waals surface area contributed by atoms with Crippen LogP contribution in [0.25, 0.3) is 0 Å². The number of benzene rings is 2. The Hall–Kier alpha value is -2.51. The Bertz CT molecular complexity index is 789. The maximum absolute atomic E-state index is 13.5. The van der Waals surface area contributed by atoms with Gasteiger partial charge < -0.3 is 20.5 Å². The zero-order chi connectivity index (χ0) is 21.6. The molecule has 0 aromatic heterocycles. The van der Waals surface area contributed by atoms with Crippen LogP contribution in [-0.2, 0) is 17.7 Å². The van der Waals surface area contributed by atoms with Crippen LogP contribution >= 0.6 is 0 Å². The van der Waals surface area contributed by atoms with E-state index in [1.807, 2.05) is 30.3 Å². The third-order valence-electron chi connectivity index (χ3n) is 4.16. The summed E-state index contributed by atoms with van der Waals surface area (Å²) in [6.07, 6.45) is -1.34. The van der Waals surface area contributed by atoms with Crippen molar-refractivity contribution in [2.75, 3.05) is 6.54 Å². The lowest BCUT2D eigenvalue weighted by atomic mass is 10.0. The Morgan fingerprint density at radius 2 is 1.69 bits per heavy atom. The molecule has 1 amide bonds. The van der Waals surface area contributed by atoms with Gasteiger partial charge in [-0.15, -0.1) is 0 Å². The Balaban J connectivity index is 2.14. The molecule has 2 aromatic carbocycles. The van der Waals surface area contributed by atoms with E-state index in [-0.39, 0.29) is 18.7 Å². The average molecular weight is 406 g/mol. The molecule has 0 aliphatic rings. The molecule has 0 radical (unpaired) electrons. The van der Waals surface area contributed by atoms with Crippen LogP contribution in [0.2, 0.25) is 0 Å². The molecule has 0 spiro atoms. The van der Waals surface area contributed by atoms with Gasteiger partial charge in [-0.2, -0.15) is 0 Å². The van der Waals surface area contributed by atoms with E-state index in [9.17, 15) is 18.7 Å². The molecule has 0 fully saturated rings. The van der Waals surface area contributed by atoms with E-state index in [1.165, 1.54) is 4.90 Å². The summed E-state index contributed by atoms with van der Waals surface area (Å²) < 4.78 is 32.5. The summed E-state index contributed by atoms with van der Waals surface area (Å²) in [5.41, 5.74) is 6.55. The average Bonchev–Trinajstić information content (AvgIpc) is 2.59. The molecule has 3 N–H and O–H groups in total. The first-order valence-corrected chi connectivity index (χ1v) is 9.44. The summed E-state index contributed by atoms with van der Waals surface area (Å²) in [7, 11) is 0. The molecule has 0 aliphatic heterocycles. The second kappa shape index (κ2) is 9.80. The molecule has 0 saturated heterocycles. The van der Waals surface area contributed by atoms with Crippen molar-refractivity contribution in [1.29, 1.82) is 0 Å². The van der Waals surface area contributed by atoms with Crippen LogP contribution in [0.4, 0.5) is 13.6 Å². The summed E-state index contributed by atoms with van der Waals surface area (Å²) in [5, 5.41) is 10.6. The number of carbonyl (C=O) groups excluding carboxylic acids is 1. The van der Waals surface area contributed by atoms with Crippen LogP contribution in [0, 0.1) is 11.6 Å². The number of halogens is 2. The first-order valence-electron chi connectivity index (χ1n) is 9.44. The highest BCUT2D eigenvalue weighted by atomic mass is 19.1. The summed E-state index contributed by atoms with van der Waals surface area (Å²) in [6.45, 7) is 4.87. The van der Waals surface area contributed by atoms with Crippen LogP contribution in [0.5, 0.6) is 0 Å². The minimum absolute atomic E-state index is 0.126. The molecule has 158 valence electrons. The van der Waals surface area contributed by atoms with Gasteiger partial charge in [-0.3, -0.25) is 0 Å². The van der Waals surface area contributed by atoms with Gasteiger partial charge in [0.05, 0.1) is 12.6 Å². The van der Waals surface area contributed by atoms with Crippen molar-refractivity contribution in [3.8, 4) is 0 Å². The smallest absolute Gasteiger partial charge is 0.410 e. The fraction of sp³-hybridized carbons (Fsp3) is 0.409. The van der Waals surface area contributed by atoms with Gasteiger partial charge in [0.15, 0.2) is 0 Å². The number of nitrogens with zero attached hydrogens (tertiary/aromatic N) is 1. The third-order valence-corrected chi connectivity index (χ3v) is 4.16. The third kappa shape index (κ3) is 7.79. The number of rotatable bonds is 7. The minimum atomic E-state index is -1.05. The molecule has 2 rings (SSSR count). The van der Waals surface area contributed by atoms with Crippen molar-refractivity contribution in [2.45, 2.75) is 51.5 Å². The molecule has 0 bridgehead atoms. The molecule has 0 heterocycles. The zero-order valence-corrected chi connectivity index (χ0v) is 16.9. The second-order valence-electron chi connectivity index (χ2n) is 8.06. The maximum Gasteiger partial charge on any atom is 0.410 e. The Kier molecular flexibility index (Phi) is 7.70. The number of carbonyl (C=O) groups is 1. The van der Waals surface area contributed by atoms with Gasteiger partial charge in [-0.05, 0) is 50.5 Å². The molecule has 2 atom stereocenters. The SMILES string of the molecule is CC(C)(C)OC(=O)N(Cc1cc(F)cc(F)c1)C[C@@H](O)[C@@H](N)Cc1ccccc1. The first kappa shape index (κ1) is 22.8.